The van der Waals surface area contributed by atoms with E-state index in [9.17, 15) is 4.79 Å². The van der Waals surface area contributed by atoms with Gasteiger partial charge in [0.1, 0.15) is 5.75 Å². The summed E-state index contributed by atoms with van der Waals surface area (Å²) in [6, 6.07) is 7.75. The molecular weight excluding hydrogens is 242 g/mol. The van der Waals surface area contributed by atoms with Gasteiger partial charge in [0.05, 0.1) is 0 Å². The van der Waals surface area contributed by atoms with E-state index in [0.29, 0.717) is 17.6 Å². The van der Waals surface area contributed by atoms with Crippen molar-refractivity contribution in [3.63, 3.8) is 0 Å². The number of hydrogen-bond donors (Lipinski definition) is 2. The van der Waals surface area contributed by atoms with Crippen molar-refractivity contribution in [1.29, 1.82) is 0 Å². The Morgan fingerprint density at radius 1 is 1.37 bits per heavy atom. The number of H-pyrrole nitrogens is 1. The van der Waals surface area contributed by atoms with Crippen molar-refractivity contribution >= 4 is 11.9 Å². The maximum atomic E-state index is 11.6. The third-order valence-corrected chi connectivity index (χ3v) is 2.67. The first-order chi connectivity index (χ1) is 9.15. The monoisotopic (exact) mass is 259 g/mol. The zero-order chi connectivity index (χ0) is 13.7. The molecule has 5 nitrogen and oxygen atoms in total. The van der Waals surface area contributed by atoms with E-state index in [1.165, 1.54) is 5.56 Å². The van der Waals surface area contributed by atoms with Crippen LogP contribution in [-0.2, 0) is 4.79 Å². The topological polar surface area (TPSA) is 67.0 Å². The number of benzene rings is 1. The summed E-state index contributed by atoms with van der Waals surface area (Å²) in [4.78, 5) is 18.2. The van der Waals surface area contributed by atoms with E-state index in [0.717, 1.165) is 0 Å². The summed E-state index contributed by atoms with van der Waals surface area (Å²) in [7, 11) is 0. The third kappa shape index (κ3) is 3.84. The average Bonchev–Trinajstić information content (AvgIpc) is 2.89. The van der Waals surface area contributed by atoms with E-state index in [2.05, 4.69) is 29.1 Å². The van der Waals surface area contributed by atoms with Gasteiger partial charge in [-0.2, -0.15) is 0 Å². The lowest BCUT2D eigenvalue weighted by Crippen LogP contribution is -2.20. The molecule has 0 saturated heterocycles. The summed E-state index contributed by atoms with van der Waals surface area (Å²) in [6.07, 6.45) is 3.21. The number of rotatable bonds is 5. The van der Waals surface area contributed by atoms with Gasteiger partial charge in [-0.15, -0.1) is 0 Å². The number of carbonyl (C=O) groups is 1. The van der Waals surface area contributed by atoms with Crippen LogP contribution in [0.2, 0.25) is 0 Å². The fraction of sp³-hybridized carbons (Fsp3) is 0.286. The number of ether oxygens (including phenoxy) is 1. The van der Waals surface area contributed by atoms with Gasteiger partial charge < -0.3 is 9.72 Å². The smallest absolute Gasteiger partial charge is 0.264 e. The molecule has 0 spiro atoms. The Morgan fingerprint density at radius 3 is 2.68 bits per heavy atom. The van der Waals surface area contributed by atoms with Crippen LogP contribution >= 0.6 is 0 Å². The van der Waals surface area contributed by atoms with Crippen LogP contribution in [0.3, 0.4) is 0 Å². The number of carbonyl (C=O) groups excluding carboxylic acids is 1. The van der Waals surface area contributed by atoms with Gasteiger partial charge >= 0.3 is 0 Å². The predicted octanol–water partition coefficient (Wildman–Crippen LogP) is 2.55. The zero-order valence-electron chi connectivity index (χ0n) is 11.0. The van der Waals surface area contributed by atoms with Crippen LogP contribution < -0.4 is 10.1 Å². The van der Waals surface area contributed by atoms with E-state index in [1.807, 2.05) is 24.3 Å². The molecule has 0 aliphatic carbocycles. The Bertz CT molecular complexity index is 518. The van der Waals surface area contributed by atoms with E-state index in [-0.39, 0.29) is 12.5 Å². The van der Waals surface area contributed by atoms with Crippen molar-refractivity contribution < 1.29 is 9.53 Å². The molecule has 0 saturated carbocycles. The van der Waals surface area contributed by atoms with Crippen LogP contribution in [0.4, 0.5) is 5.95 Å². The summed E-state index contributed by atoms with van der Waals surface area (Å²) in [5, 5.41) is 2.59. The highest BCUT2D eigenvalue weighted by molar-refractivity contribution is 5.90. The van der Waals surface area contributed by atoms with Crippen molar-refractivity contribution in [3.05, 3.63) is 42.2 Å². The number of hydrogen-bond acceptors (Lipinski definition) is 3. The fourth-order valence-electron chi connectivity index (χ4n) is 1.60. The highest BCUT2D eigenvalue weighted by atomic mass is 16.5. The van der Waals surface area contributed by atoms with Crippen molar-refractivity contribution in [2.75, 3.05) is 11.9 Å². The first-order valence-electron chi connectivity index (χ1n) is 6.17. The van der Waals surface area contributed by atoms with Gasteiger partial charge in [-0.1, -0.05) is 26.0 Å². The van der Waals surface area contributed by atoms with Crippen LogP contribution in [-0.4, -0.2) is 22.5 Å². The zero-order valence-corrected chi connectivity index (χ0v) is 11.0. The Labute approximate surface area is 112 Å². The van der Waals surface area contributed by atoms with Gasteiger partial charge in [0.2, 0.25) is 5.95 Å². The second-order valence-electron chi connectivity index (χ2n) is 4.50. The van der Waals surface area contributed by atoms with E-state index in [1.54, 1.807) is 12.4 Å². The SMILES string of the molecule is CC(C)c1ccc(OCC(=O)Nc2ncc[nH]2)cc1. The average molecular weight is 259 g/mol. The molecule has 1 aromatic heterocycles. The highest BCUT2D eigenvalue weighted by Gasteiger charge is 2.05. The largest absolute Gasteiger partial charge is 0.484 e. The van der Waals surface area contributed by atoms with Crippen LogP contribution in [0.5, 0.6) is 5.75 Å². The molecule has 1 aromatic carbocycles. The predicted molar refractivity (Wildman–Crippen MR) is 73.2 cm³/mol. The number of nitrogens with one attached hydrogen (secondary N) is 2. The van der Waals surface area contributed by atoms with Crippen LogP contribution in [0, 0.1) is 0 Å². The summed E-state index contributed by atoms with van der Waals surface area (Å²) < 4.78 is 5.40. The second kappa shape index (κ2) is 6.04. The minimum Gasteiger partial charge on any atom is -0.484 e. The standard InChI is InChI=1S/C14H17N3O2/c1-10(2)11-3-5-12(6-4-11)19-9-13(18)17-14-15-7-8-16-14/h3-8,10H,9H2,1-2H3,(H2,15,16,17,18). The summed E-state index contributed by atoms with van der Waals surface area (Å²) in [6.45, 7) is 4.22. The molecule has 2 rings (SSSR count). The number of imidazole rings is 1. The molecule has 2 N–H and O–H groups in total. The molecular formula is C14H17N3O2. The van der Waals surface area contributed by atoms with Crippen molar-refractivity contribution in [2.45, 2.75) is 19.8 Å². The van der Waals surface area contributed by atoms with Gasteiger partial charge in [-0.05, 0) is 23.6 Å². The maximum Gasteiger partial charge on any atom is 0.264 e. The minimum absolute atomic E-state index is 0.0400. The Morgan fingerprint density at radius 2 is 2.11 bits per heavy atom. The van der Waals surface area contributed by atoms with Gasteiger partial charge in [0.15, 0.2) is 6.61 Å². The highest BCUT2D eigenvalue weighted by Crippen LogP contribution is 2.18. The van der Waals surface area contributed by atoms with E-state index in [4.69, 9.17) is 4.74 Å². The Kier molecular flexibility index (Phi) is 4.18. The Balaban J connectivity index is 1.83. The molecule has 0 aliphatic rings. The van der Waals surface area contributed by atoms with Crippen LogP contribution in [0.1, 0.15) is 25.3 Å². The van der Waals surface area contributed by atoms with E-state index >= 15 is 0 Å². The van der Waals surface area contributed by atoms with Crippen molar-refractivity contribution in [3.8, 4) is 5.75 Å². The van der Waals surface area contributed by atoms with Crippen molar-refractivity contribution in [2.24, 2.45) is 0 Å². The van der Waals surface area contributed by atoms with Crippen molar-refractivity contribution in [1.82, 2.24) is 9.97 Å². The summed E-state index contributed by atoms with van der Waals surface area (Å²) >= 11 is 0. The Hall–Kier alpha value is -2.30. The number of aromatic nitrogens is 2. The van der Waals surface area contributed by atoms with Crippen LogP contribution in [0.25, 0.3) is 0 Å². The molecule has 19 heavy (non-hydrogen) atoms. The van der Waals surface area contributed by atoms with Gasteiger partial charge in [-0.25, -0.2) is 4.98 Å². The molecule has 1 heterocycles. The lowest BCUT2D eigenvalue weighted by atomic mass is 10.0. The first kappa shape index (κ1) is 13.1. The maximum absolute atomic E-state index is 11.6. The minimum atomic E-state index is -0.247. The van der Waals surface area contributed by atoms with Gasteiger partial charge in [-0.3, -0.25) is 10.1 Å². The number of aromatic amines is 1. The molecule has 1 amide bonds. The van der Waals surface area contributed by atoms with E-state index < -0.39 is 0 Å². The fourth-order valence-corrected chi connectivity index (χ4v) is 1.60. The molecule has 0 aliphatic heterocycles. The molecule has 5 heteroatoms. The lowest BCUT2D eigenvalue weighted by molar-refractivity contribution is -0.118. The summed E-state index contributed by atoms with van der Waals surface area (Å²) in [5.74, 6) is 1.34. The normalized spacial score (nSPS) is 10.5. The van der Waals surface area contributed by atoms with Gasteiger partial charge in [0.25, 0.3) is 5.91 Å². The lowest BCUT2D eigenvalue weighted by Gasteiger charge is -2.08. The second-order valence-corrected chi connectivity index (χ2v) is 4.50. The first-order valence-corrected chi connectivity index (χ1v) is 6.17. The van der Waals surface area contributed by atoms with Gasteiger partial charge in [0, 0.05) is 12.4 Å². The number of nitrogens with zero attached hydrogens (tertiary/aromatic N) is 1. The molecule has 0 bridgehead atoms. The number of anilines is 1. The molecule has 2 aromatic rings. The quantitative estimate of drug-likeness (QED) is 0.867. The third-order valence-electron chi connectivity index (χ3n) is 2.67. The molecule has 0 atom stereocenters. The molecule has 100 valence electrons. The molecule has 0 radical (unpaired) electrons. The molecule has 0 unspecified atom stereocenters. The summed E-state index contributed by atoms with van der Waals surface area (Å²) in [5.41, 5.74) is 1.24. The van der Waals surface area contributed by atoms with Crippen LogP contribution in [0.15, 0.2) is 36.7 Å². The molecule has 0 fully saturated rings. The number of amides is 1.